The van der Waals surface area contributed by atoms with E-state index in [1.54, 1.807) is 55.7 Å². The zero-order chi connectivity index (χ0) is 53.0. The van der Waals surface area contributed by atoms with E-state index >= 15 is 4.39 Å². The number of benzene rings is 3. The van der Waals surface area contributed by atoms with Crippen molar-refractivity contribution in [2.75, 3.05) is 19.8 Å². The average Bonchev–Trinajstić information content (AvgIpc) is 3.99. The average molecular weight is 1050 g/mol. The molecule has 4 amide bonds. The van der Waals surface area contributed by atoms with Gasteiger partial charge >= 0.3 is 12.2 Å². The maximum absolute atomic E-state index is 15.5. The summed E-state index contributed by atoms with van der Waals surface area (Å²) in [6.07, 6.45) is 2.77. The number of alkyl halides is 3. The summed E-state index contributed by atoms with van der Waals surface area (Å²) in [7, 11) is 0. The minimum absolute atomic E-state index is 0.0527. The zero-order valence-corrected chi connectivity index (χ0v) is 42.3. The van der Waals surface area contributed by atoms with Crippen LogP contribution in [0.3, 0.4) is 0 Å². The van der Waals surface area contributed by atoms with E-state index in [0.717, 1.165) is 53.5 Å². The topological polar surface area (TPSA) is 196 Å². The van der Waals surface area contributed by atoms with Crippen molar-refractivity contribution in [1.29, 1.82) is 0 Å². The number of carbonyl (C=O) groups excluding carboxylic acids is 3. The number of carbonyl (C=O) groups is 3. The van der Waals surface area contributed by atoms with Gasteiger partial charge in [-0.3, -0.25) is 14.6 Å². The molecule has 0 saturated heterocycles. The number of nitrogens with one attached hydrogen (secondary N) is 3. The van der Waals surface area contributed by atoms with Gasteiger partial charge < -0.3 is 35.6 Å². The first kappa shape index (κ1) is 53.1. The molecule has 75 heavy (non-hydrogen) atoms. The Morgan fingerprint density at radius 3 is 2.11 bits per heavy atom. The lowest BCUT2D eigenvalue weighted by Crippen LogP contribution is -2.44. The van der Waals surface area contributed by atoms with Crippen LogP contribution in [-0.4, -0.2) is 93.5 Å². The summed E-state index contributed by atoms with van der Waals surface area (Å²) in [5.74, 6) is -2.15. The Balaban J connectivity index is 0.915. The second-order valence-corrected chi connectivity index (χ2v) is 21.3. The molecule has 0 radical (unpaired) electrons. The van der Waals surface area contributed by atoms with E-state index in [1.807, 2.05) is 58.2 Å². The summed E-state index contributed by atoms with van der Waals surface area (Å²) in [5.41, 5.74) is 6.97. The van der Waals surface area contributed by atoms with Crippen molar-refractivity contribution in [3.63, 3.8) is 0 Å². The Kier molecular flexibility index (Phi) is 16.0. The summed E-state index contributed by atoms with van der Waals surface area (Å²) in [6.45, 7) is 1.90. The highest BCUT2D eigenvalue weighted by molar-refractivity contribution is 7.90. The summed E-state index contributed by atoms with van der Waals surface area (Å²) < 4.78 is 71.0. The molecular formula is C56H58F4N8O6S. The van der Waals surface area contributed by atoms with Gasteiger partial charge in [0.15, 0.2) is 0 Å². The van der Waals surface area contributed by atoms with Crippen molar-refractivity contribution in [1.82, 2.24) is 40.1 Å². The first-order chi connectivity index (χ1) is 36.1. The summed E-state index contributed by atoms with van der Waals surface area (Å²) in [5, 5.41) is 28.3. The van der Waals surface area contributed by atoms with E-state index in [9.17, 15) is 42.3 Å². The minimum atomic E-state index is -4.67. The number of amides is 4. The standard InChI is InChI=1S/C56H58F4N8O6S/c1-3-18-55(19-20-55)75(74)68-32-42-28-44(65-50(36-9-5-4-6-10-36)49(42)47(68)17-23-70)52(71)62-30-40-25-35(14-15-43(40)57)24-34(2)64-54(73)67-31-41-27-45(53(72)63-33-56(58,59)60)66-51(48(41)46(67)16-22-69)38-12-7-11-37(26-38)39-13-8-21-61-29-39/h4-15,21,25-29,34,46-47,69-70H,3,16-20,22-24,30-33H2,1-2H3,(H,62,71)(H,63,72)(H,64,73)/t34?,46-,47-,75?/m1/s1. The van der Waals surface area contributed by atoms with Gasteiger partial charge in [-0.1, -0.05) is 80.1 Å². The van der Waals surface area contributed by atoms with E-state index in [2.05, 4.69) is 27.5 Å². The third kappa shape index (κ3) is 11.7. The maximum Gasteiger partial charge on any atom is 0.405 e. The van der Waals surface area contributed by atoms with E-state index in [0.29, 0.717) is 40.9 Å². The third-order valence-electron chi connectivity index (χ3n) is 14.1. The van der Waals surface area contributed by atoms with Crippen molar-refractivity contribution < 1.29 is 46.7 Å². The normalized spacial score (nSPS) is 17.5. The number of aliphatic hydroxyl groups excluding tert-OH is 2. The number of aliphatic hydroxyl groups is 2. The molecular weight excluding hydrogens is 989 g/mol. The lowest BCUT2D eigenvalue weighted by molar-refractivity contribution is -0.123. The molecule has 2 unspecified atom stereocenters. The number of halogens is 4. The van der Waals surface area contributed by atoms with Gasteiger partial charge in [0.1, 0.15) is 28.5 Å². The highest BCUT2D eigenvalue weighted by atomic mass is 32.2. The van der Waals surface area contributed by atoms with Crippen molar-refractivity contribution in [2.45, 2.75) is 107 Å². The van der Waals surface area contributed by atoms with Crippen LogP contribution in [0.1, 0.15) is 119 Å². The van der Waals surface area contributed by atoms with Gasteiger partial charge in [0.25, 0.3) is 11.8 Å². The fourth-order valence-corrected chi connectivity index (χ4v) is 12.5. The van der Waals surface area contributed by atoms with E-state index in [1.165, 1.54) is 17.0 Å². The summed E-state index contributed by atoms with van der Waals surface area (Å²) in [4.78, 5) is 56.6. The number of nitrogens with zero attached hydrogens (tertiary/aromatic N) is 5. The molecule has 14 nitrogen and oxygen atoms in total. The van der Waals surface area contributed by atoms with Crippen molar-refractivity contribution >= 4 is 29.2 Å². The number of urea groups is 1. The predicted octanol–water partition coefficient (Wildman–Crippen LogP) is 9.05. The first-order valence-corrected chi connectivity index (χ1v) is 26.2. The largest absolute Gasteiger partial charge is 0.597 e. The van der Waals surface area contributed by atoms with Gasteiger partial charge in [0, 0.05) is 102 Å². The smallest absolute Gasteiger partial charge is 0.405 e. The Morgan fingerprint density at radius 2 is 1.44 bits per heavy atom. The van der Waals surface area contributed by atoms with E-state index < -0.39 is 59.8 Å². The number of fused-ring (bicyclic) bond motifs is 2. The van der Waals surface area contributed by atoms with Gasteiger partial charge in [0.2, 0.25) is 0 Å². The van der Waals surface area contributed by atoms with Crippen LogP contribution < -0.4 is 16.0 Å². The molecule has 0 bridgehead atoms. The second-order valence-electron chi connectivity index (χ2n) is 19.4. The van der Waals surface area contributed by atoms with Crippen LogP contribution in [0.25, 0.3) is 33.6 Å². The van der Waals surface area contributed by atoms with Gasteiger partial charge in [-0.25, -0.2) is 19.2 Å². The van der Waals surface area contributed by atoms with Crippen LogP contribution in [0.15, 0.2) is 109 Å². The Bertz CT molecular complexity index is 3060. The van der Waals surface area contributed by atoms with Crippen molar-refractivity contribution in [2.24, 2.45) is 0 Å². The first-order valence-electron chi connectivity index (χ1n) is 25.1. The van der Waals surface area contributed by atoms with Gasteiger partial charge in [-0.05, 0) is 85.2 Å². The summed E-state index contributed by atoms with van der Waals surface area (Å²) >= 11 is -1.33. The highest BCUT2D eigenvalue weighted by Crippen LogP contribution is 2.53. The van der Waals surface area contributed by atoms with Crippen molar-refractivity contribution in [3.05, 3.63) is 160 Å². The molecule has 2 aliphatic heterocycles. The van der Waals surface area contributed by atoms with Crippen LogP contribution in [0.2, 0.25) is 0 Å². The van der Waals surface area contributed by atoms with Gasteiger partial charge in [0.05, 0.1) is 30.0 Å². The molecule has 3 aromatic carbocycles. The molecule has 0 spiro atoms. The number of hydrogen-bond acceptors (Lipinski definition) is 10. The molecule has 392 valence electrons. The number of pyridine rings is 3. The van der Waals surface area contributed by atoms with Gasteiger partial charge in [-0.15, -0.1) is 4.31 Å². The number of hydrogen-bond donors (Lipinski definition) is 5. The molecule has 3 aromatic heterocycles. The highest BCUT2D eigenvalue weighted by Gasteiger charge is 2.58. The van der Waals surface area contributed by atoms with E-state index in [-0.39, 0.29) is 72.6 Å². The third-order valence-corrected chi connectivity index (χ3v) is 16.2. The SMILES string of the molecule is CCCC1([S+]([O-])N2Cc3cc(C(=O)NCc4cc(CC(C)NC(=O)N5Cc6cc(C(=O)NCC(F)(F)F)nc(-c7cccc(-c8cccnc8)c7)c6[C@H]5CCO)ccc4F)nc(-c4ccccc4)c3[C@H]2CCO)CC1. The van der Waals surface area contributed by atoms with Crippen LogP contribution in [-0.2, 0) is 37.4 Å². The summed E-state index contributed by atoms with van der Waals surface area (Å²) in [6, 6.07) is 25.6. The molecule has 5 heterocycles. The molecule has 5 N–H and O–H groups in total. The number of rotatable bonds is 19. The molecule has 3 aliphatic rings. The van der Waals surface area contributed by atoms with Crippen LogP contribution in [0, 0.1) is 5.82 Å². The zero-order valence-electron chi connectivity index (χ0n) is 41.5. The molecule has 19 heteroatoms. The quantitative estimate of drug-likeness (QED) is 0.0386. The Morgan fingerprint density at radius 1 is 0.800 bits per heavy atom. The lowest BCUT2D eigenvalue weighted by Gasteiger charge is -2.31. The Labute approximate surface area is 435 Å². The fraction of sp³-hybridized carbons (Fsp3) is 0.357. The lowest BCUT2D eigenvalue weighted by atomic mass is 9.94. The van der Waals surface area contributed by atoms with Crippen LogP contribution in [0.5, 0.6) is 0 Å². The molecule has 6 aromatic rings. The molecule has 9 rings (SSSR count). The Hall–Kier alpha value is -6.77. The molecule has 4 atom stereocenters. The van der Waals surface area contributed by atoms with Crippen LogP contribution >= 0.6 is 0 Å². The monoisotopic (exact) mass is 1050 g/mol. The minimum Gasteiger partial charge on any atom is -0.597 e. The molecule has 1 fully saturated rings. The second kappa shape index (κ2) is 22.6. The number of aromatic nitrogens is 3. The van der Waals surface area contributed by atoms with Gasteiger partial charge in [-0.2, -0.15) is 13.2 Å². The fourth-order valence-electron chi connectivity index (χ4n) is 10.4. The maximum atomic E-state index is 15.5. The van der Waals surface area contributed by atoms with Crippen molar-refractivity contribution in [3.8, 4) is 33.6 Å². The van der Waals surface area contributed by atoms with Crippen LogP contribution in [0.4, 0.5) is 22.4 Å². The van der Waals surface area contributed by atoms with E-state index in [4.69, 9.17) is 4.98 Å². The molecule has 1 aliphatic carbocycles. The predicted molar refractivity (Wildman–Crippen MR) is 275 cm³/mol. The molecule has 1 saturated carbocycles.